The minimum Gasteiger partial charge on any atom is -0.331 e. The molecule has 2 aromatic heterocycles. The van der Waals surface area contributed by atoms with Crippen LogP contribution in [-0.4, -0.2) is 49.8 Å². The van der Waals surface area contributed by atoms with Crippen molar-refractivity contribution < 1.29 is 18.4 Å². The van der Waals surface area contributed by atoms with Crippen molar-refractivity contribution in [1.29, 1.82) is 0 Å². The number of nitrogens with one attached hydrogen (secondary N) is 1. The Labute approximate surface area is 135 Å². The monoisotopic (exact) mass is 335 g/mol. The molecular weight excluding hydrogens is 320 g/mol. The maximum atomic E-state index is 13.0. The molecule has 0 aromatic carbocycles. The molecule has 2 fully saturated rings. The predicted octanol–water partition coefficient (Wildman–Crippen LogP) is 1.31. The van der Waals surface area contributed by atoms with Gasteiger partial charge in [-0.05, 0) is 18.4 Å². The summed E-state index contributed by atoms with van der Waals surface area (Å²) in [5, 5.41) is 6.52. The van der Waals surface area contributed by atoms with Gasteiger partial charge in [-0.15, -0.1) is 0 Å². The second-order valence-corrected chi connectivity index (χ2v) is 6.28. The SMILES string of the molecule is O=C(Nc1cnn2cccnc12)C(=O)N1CCC1C1CC(F)(F)C1. The Morgan fingerprint density at radius 1 is 1.33 bits per heavy atom. The van der Waals surface area contributed by atoms with Crippen molar-refractivity contribution in [3.63, 3.8) is 0 Å². The summed E-state index contributed by atoms with van der Waals surface area (Å²) in [6.07, 6.45) is 4.88. The maximum absolute atomic E-state index is 13.0. The van der Waals surface area contributed by atoms with Crippen LogP contribution in [0.25, 0.3) is 5.65 Å². The molecule has 1 saturated heterocycles. The Bertz CT molecular complexity index is 813. The van der Waals surface area contributed by atoms with E-state index in [1.165, 1.54) is 15.6 Å². The highest BCUT2D eigenvalue weighted by Crippen LogP contribution is 2.47. The van der Waals surface area contributed by atoms with Gasteiger partial charge in [0.25, 0.3) is 0 Å². The third kappa shape index (κ3) is 2.40. The predicted molar refractivity (Wildman–Crippen MR) is 79.4 cm³/mol. The summed E-state index contributed by atoms with van der Waals surface area (Å²) >= 11 is 0. The van der Waals surface area contributed by atoms with Gasteiger partial charge in [-0.2, -0.15) is 5.10 Å². The number of hydrogen-bond acceptors (Lipinski definition) is 4. The molecule has 0 radical (unpaired) electrons. The fourth-order valence-electron chi connectivity index (χ4n) is 3.35. The van der Waals surface area contributed by atoms with E-state index in [2.05, 4.69) is 15.4 Å². The Balaban J connectivity index is 1.42. The molecule has 24 heavy (non-hydrogen) atoms. The maximum Gasteiger partial charge on any atom is 0.314 e. The highest BCUT2D eigenvalue weighted by Gasteiger charge is 2.53. The Morgan fingerprint density at radius 3 is 2.79 bits per heavy atom. The molecule has 0 bridgehead atoms. The van der Waals surface area contributed by atoms with Crippen LogP contribution in [0.5, 0.6) is 0 Å². The molecule has 7 nitrogen and oxygen atoms in total. The van der Waals surface area contributed by atoms with Gasteiger partial charge in [0, 0.05) is 37.8 Å². The van der Waals surface area contributed by atoms with E-state index in [0.29, 0.717) is 24.3 Å². The van der Waals surface area contributed by atoms with Gasteiger partial charge in [0.2, 0.25) is 5.92 Å². The Hall–Kier alpha value is -2.58. The van der Waals surface area contributed by atoms with Crippen LogP contribution >= 0.6 is 0 Å². The largest absolute Gasteiger partial charge is 0.331 e. The lowest BCUT2D eigenvalue weighted by atomic mass is 9.72. The molecule has 3 heterocycles. The van der Waals surface area contributed by atoms with Gasteiger partial charge >= 0.3 is 11.8 Å². The van der Waals surface area contributed by atoms with Gasteiger partial charge in [0.15, 0.2) is 5.65 Å². The number of rotatable bonds is 2. The first-order chi connectivity index (χ1) is 11.4. The standard InChI is InChI=1S/C15H15F2N5O2/c16-15(17)6-9(7-15)11-2-5-21(11)14(24)13(23)20-10-8-19-22-4-1-3-18-12(10)22/h1,3-4,8-9,11H,2,5-7H2,(H,20,23). The lowest BCUT2D eigenvalue weighted by Crippen LogP contribution is -2.61. The molecule has 1 N–H and O–H groups in total. The summed E-state index contributed by atoms with van der Waals surface area (Å²) in [4.78, 5) is 29.9. The van der Waals surface area contributed by atoms with E-state index in [1.54, 1.807) is 18.5 Å². The first kappa shape index (κ1) is 15.0. The molecule has 126 valence electrons. The number of hydrogen-bond donors (Lipinski definition) is 1. The second-order valence-electron chi connectivity index (χ2n) is 6.28. The Morgan fingerprint density at radius 2 is 2.12 bits per heavy atom. The number of nitrogens with zero attached hydrogens (tertiary/aromatic N) is 4. The molecule has 1 unspecified atom stereocenters. The summed E-state index contributed by atoms with van der Waals surface area (Å²) in [5.41, 5.74) is 0.763. The van der Waals surface area contributed by atoms with Crippen molar-refractivity contribution in [3.05, 3.63) is 24.7 Å². The van der Waals surface area contributed by atoms with E-state index < -0.39 is 17.7 Å². The molecular formula is C15H15F2N5O2. The van der Waals surface area contributed by atoms with Gasteiger partial charge < -0.3 is 10.2 Å². The third-order valence-electron chi connectivity index (χ3n) is 4.71. The summed E-state index contributed by atoms with van der Waals surface area (Å²) < 4.78 is 27.5. The van der Waals surface area contributed by atoms with Gasteiger partial charge in [-0.1, -0.05) is 0 Å². The molecule has 1 aliphatic carbocycles. The summed E-state index contributed by atoms with van der Waals surface area (Å²) in [7, 11) is 0. The number of carbonyl (C=O) groups excluding carboxylic acids is 2. The second kappa shape index (κ2) is 5.22. The molecule has 2 amide bonds. The first-order valence-electron chi connectivity index (χ1n) is 7.73. The van der Waals surface area contributed by atoms with Crippen molar-refractivity contribution in [3.8, 4) is 0 Å². The van der Waals surface area contributed by atoms with Crippen molar-refractivity contribution in [2.75, 3.05) is 11.9 Å². The van der Waals surface area contributed by atoms with Gasteiger partial charge in [-0.25, -0.2) is 18.3 Å². The van der Waals surface area contributed by atoms with E-state index in [1.807, 2.05) is 0 Å². The van der Waals surface area contributed by atoms with E-state index in [9.17, 15) is 18.4 Å². The lowest BCUT2D eigenvalue weighted by molar-refractivity contribution is -0.166. The number of fused-ring (bicyclic) bond motifs is 1. The quantitative estimate of drug-likeness (QED) is 0.840. The van der Waals surface area contributed by atoms with Crippen LogP contribution in [0.4, 0.5) is 14.5 Å². The normalized spacial score (nSPS) is 22.8. The number of aromatic nitrogens is 3. The van der Waals surface area contributed by atoms with Crippen LogP contribution in [-0.2, 0) is 9.59 Å². The van der Waals surface area contributed by atoms with Gasteiger partial charge in [0.1, 0.15) is 5.69 Å². The highest BCUT2D eigenvalue weighted by molar-refractivity contribution is 6.40. The summed E-state index contributed by atoms with van der Waals surface area (Å²) in [6.45, 7) is 0.423. The lowest BCUT2D eigenvalue weighted by Gasteiger charge is -2.50. The average Bonchev–Trinajstić information content (AvgIpc) is 2.87. The fraction of sp³-hybridized carbons (Fsp3) is 0.467. The van der Waals surface area contributed by atoms with Crippen LogP contribution in [0, 0.1) is 5.92 Å². The zero-order valence-corrected chi connectivity index (χ0v) is 12.7. The molecule has 2 aliphatic rings. The summed E-state index contributed by atoms with van der Waals surface area (Å²) in [6, 6.07) is 1.43. The zero-order chi connectivity index (χ0) is 16.9. The molecule has 0 spiro atoms. The molecule has 1 atom stereocenters. The van der Waals surface area contributed by atoms with E-state index >= 15 is 0 Å². The number of amides is 2. The van der Waals surface area contributed by atoms with E-state index in [0.717, 1.165) is 0 Å². The smallest absolute Gasteiger partial charge is 0.314 e. The first-order valence-corrected chi connectivity index (χ1v) is 7.73. The number of anilines is 1. The molecule has 1 aliphatic heterocycles. The van der Waals surface area contributed by atoms with Crippen molar-refractivity contribution in [2.45, 2.75) is 31.2 Å². The molecule has 2 aromatic rings. The third-order valence-corrected chi connectivity index (χ3v) is 4.71. The zero-order valence-electron chi connectivity index (χ0n) is 12.7. The fourth-order valence-corrected chi connectivity index (χ4v) is 3.35. The van der Waals surface area contributed by atoms with Crippen LogP contribution in [0.1, 0.15) is 19.3 Å². The van der Waals surface area contributed by atoms with Crippen LogP contribution in [0.15, 0.2) is 24.7 Å². The van der Waals surface area contributed by atoms with E-state index in [4.69, 9.17) is 0 Å². The van der Waals surface area contributed by atoms with Crippen molar-refractivity contribution in [1.82, 2.24) is 19.5 Å². The minimum atomic E-state index is -2.63. The topological polar surface area (TPSA) is 79.6 Å². The molecule has 4 rings (SSSR count). The number of halogens is 2. The van der Waals surface area contributed by atoms with Gasteiger partial charge in [-0.3, -0.25) is 9.59 Å². The molecule has 1 saturated carbocycles. The molecule has 9 heteroatoms. The van der Waals surface area contributed by atoms with Crippen LogP contribution in [0.3, 0.4) is 0 Å². The van der Waals surface area contributed by atoms with Crippen LogP contribution < -0.4 is 5.32 Å². The Kier molecular flexibility index (Phi) is 3.26. The highest BCUT2D eigenvalue weighted by atomic mass is 19.3. The number of likely N-dealkylation sites (tertiary alicyclic amines) is 1. The van der Waals surface area contributed by atoms with Crippen molar-refractivity contribution in [2.24, 2.45) is 5.92 Å². The van der Waals surface area contributed by atoms with Gasteiger partial charge in [0.05, 0.1) is 6.20 Å². The number of carbonyl (C=O) groups is 2. The summed E-state index contributed by atoms with van der Waals surface area (Å²) in [5.74, 6) is -4.34. The van der Waals surface area contributed by atoms with E-state index in [-0.39, 0.29) is 24.8 Å². The van der Waals surface area contributed by atoms with Crippen molar-refractivity contribution >= 4 is 23.1 Å². The van der Waals surface area contributed by atoms with Crippen LogP contribution in [0.2, 0.25) is 0 Å². The average molecular weight is 335 g/mol. The number of alkyl halides is 2. The minimum absolute atomic E-state index is 0.207.